The van der Waals surface area contributed by atoms with Gasteiger partial charge in [0.05, 0.1) is 14.2 Å². The first-order valence-electron chi connectivity index (χ1n) is 6.49. The molecule has 2 atom stereocenters. The first-order valence-corrected chi connectivity index (χ1v) is 6.49. The van der Waals surface area contributed by atoms with E-state index in [1.54, 1.807) is 14.2 Å². The molecule has 0 amide bonds. The van der Waals surface area contributed by atoms with Crippen LogP contribution in [0.15, 0.2) is 30.4 Å². The summed E-state index contributed by atoms with van der Waals surface area (Å²) in [6.45, 7) is 0.975. The zero-order chi connectivity index (χ0) is 13.7. The lowest BCUT2D eigenvalue weighted by Crippen LogP contribution is -2.26. The van der Waals surface area contributed by atoms with Crippen molar-refractivity contribution in [2.24, 2.45) is 5.92 Å². The highest BCUT2D eigenvalue weighted by molar-refractivity contribution is 5.38. The summed E-state index contributed by atoms with van der Waals surface area (Å²) in [4.78, 5) is 0. The van der Waals surface area contributed by atoms with E-state index < -0.39 is 0 Å². The molecule has 0 spiro atoms. The predicted molar refractivity (Wildman–Crippen MR) is 74.5 cm³/mol. The van der Waals surface area contributed by atoms with Crippen molar-refractivity contribution in [3.8, 4) is 11.5 Å². The Balaban J connectivity index is 1.94. The van der Waals surface area contributed by atoms with E-state index in [1.807, 2.05) is 18.2 Å². The third-order valence-electron chi connectivity index (χ3n) is 3.39. The van der Waals surface area contributed by atoms with Crippen LogP contribution in [-0.4, -0.2) is 32.0 Å². The minimum Gasteiger partial charge on any atom is -0.497 e. The zero-order valence-corrected chi connectivity index (χ0v) is 11.4. The van der Waals surface area contributed by atoms with E-state index >= 15 is 0 Å². The first-order chi connectivity index (χ1) is 9.25. The summed E-state index contributed by atoms with van der Waals surface area (Å²) in [5, 5.41) is 12.5. The smallest absolute Gasteiger partial charge is 0.122 e. The quantitative estimate of drug-likeness (QED) is 0.767. The highest BCUT2D eigenvalue weighted by Crippen LogP contribution is 2.23. The summed E-state index contributed by atoms with van der Waals surface area (Å²) >= 11 is 0. The van der Waals surface area contributed by atoms with Crippen molar-refractivity contribution in [3.63, 3.8) is 0 Å². The van der Waals surface area contributed by atoms with Crippen molar-refractivity contribution in [1.29, 1.82) is 0 Å². The Hall–Kier alpha value is -1.52. The van der Waals surface area contributed by atoms with Gasteiger partial charge in [-0.1, -0.05) is 12.2 Å². The van der Waals surface area contributed by atoms with E-state index in [2.05, 4.69) is 17.5 Å². The maximum Gasteiger partial charge on any atom is 0.122 e. The predicted octanol–water partition coefficient (Wildman–Crippen LogP) is 1.73. The zero-order valence-electron chi connectivity index (χ0n) is 11.4. The molecule has 2 rings (SSSR count). The molecule has 0 saturated carbocycles. The summed E-state index contributed by atoms with van der Waals surface area (Å²) in [7, 11) is 3.30. The Morgan fingerprint density at radius 1 is 1.16 bits per heavy atom. The van der Waals surface area contributed by atoms with E-state index in [0.29, 0.717) is 6.04 Å². The molecule has 0 heterocycles. The Morgan fingerprint density at radius 3 is 2.37 bits per heavy atom. The molecule has 4 heteroatoms. The van der Waals surface area contributed by atoms with Crippen LogP contribution in [0, 0.1) is 5.92 Å². The average Bonchev–Trinajstić information content (AvgIpc) is 2.92. The van der Waals surface area contributed by atoms with Gasteiger partial charge in [-0.15, -0.1) is 0 Å². The molecule has 1 aliphatic rings. The fraction of sp³-hybridized carbons (Fsp3) is 0.467. The molecule has 0 bridgehead atoms. The van der Waals surface area contributed by atoms with Gasteiger partial charge in [0.25, 0.3) is 0 Å². The largest absolute Gasteiger partial charge is 0.497 e. The van der Waals surface area contributed by atoms with Gasteiger partial charge in [-0.3, -0.25) is 0 Å². The van der Waals surface area contributed by atoms with Gasteiger partial charge >= 0.3 is 0 Å². The second-order valence-electron chi connectivity index (χ2n) is 4.77. The van der Waals surface area contributed by atoms with Crippen LogP contribution in [0.3, 0.4) is 0 Å². The Bertz CT molecular complexity index is 423. The van der Waals surface area contributed by atoms with Crippen LogP contribution in [0.4, 0.5) is 0 Å². The Morgan fingerprint density at radius 2 is 1.84 bits per heavy atom. The molecule has 0 saturated heterocycles. The monoisotopic (exact) mass is 263 g/mol. The van der Waals surface area contributed by atoms with E-state index in [-0.39, 0.29) is 12.5 Å². The maximum atomic E-state index is 9.09. The van der Waals surface area contributed by atoms with E-state index in [9.17, 15) is 0 Å². The lowest BCUT2D eigenvalue weighted by Gasteiger charge is -2.14. The van der Waals surface area contributed by atoms with Gasteiger partial charge in [-0.05, 0) is 24.1 Å². The Labute approximate surface area is 114 Å². The fourth-order valence-corrected chi connectivity index (χ4v) is 2.28. The van der Waals surface area contributed by atoms with E-state index in [4.69, 9.17) is 14.6 Å². The standard InChI is InChI=1S/C15H21NO3/c1-18-14-6-12(7-15(8-14)19-2)9-16-13-4-3-11(5-13)10-17/h3-4,6-8,11,13,16-17H,5,9-10H2,1-2H3/t11-,13+/m0/s1. The molecule has 0 aromatic heterocycles. The summed E-state index contributed by atoms with van der Waals surface area (Å²) in [6.07, 6.45) is 5.15. The second kappa shape index (κ2) is 6.59. The number of ether oxygens (including phenoxy) is 2. The lowest BCUT2D eigenvalue weighted by molar-refractivity contribution is 0.246. The molecule has 0 radical (unpaired) electrons. The third-order valence-corrected chi connectivity index (χ3v) is 3.39. The van der Waals surface area contributed by atoms with Crippen LogP contribution in [0.1, 0.15) is 12.0 Å². The molecule has 1 aromatic carbocycles. The van der Waals surface area contributed by atoms with Gasteiger partial charge in [0.2, 0.25) is 0 Å². The van der Waals surface area contributed by atoms with Gasteiger partial charge < -0.3 is 19.9 Å². The summed E-state index contributed by atoms with van der Waals surface area (Å²) in [5.41, 5.74) is 1.12. The van der Waals surface area contributed by atoms with Crippen LogP contribution in [0.25, 0.3) is 0 Å². The summed E-state index contributed by atoms with van der Waals surface area (Å²) < 4.78 is 10.5. The molecule has 104 valence electrons. The van der Waals surface area contributed by atoms with E-state index in [1.165, 1.54) is 0 Å². The molecule has 0 fully saturated rings. The van der Waals surface area contributed by atoms with Gasteiger partial charge in [0.1, 0.15) is 11.5 Å². The van der Waals surface area contributed by atoms with Crippen molar-refractivity contribution >= 4 is 0 Å². The van der Waals surface area contributed by atoms with Gasteiger partial charge in [0.15, 0.2) is 0 Å². The summed E-state index contributed by atoms with van der Waals surface area (Å²) in [5.74, 6) is 1.88. The molecule has 0 aliphatic heterocycles. The van der Waals surface area contributed by atoms with E-state index in [0.717, 1.165) is 30.0 Å². The molecular formula is C15H21NO3. The Kier molecular flexibility index (Phi) is 4.82. The molecule has 1 aliphatic carbocycles. The van der Waals surface area contributed by atoms with Crippen LogP contribution >= 0.6 is 0 Å². The second-order valence-corrected chi connectivity index (χ2v) is 4.77. The number of methoxy groups -OCH3 is 2. The normalized spacial score (nSPS) is 21.6. The number of benzene rings is 1. The SMILES string of the molecule is COc1cc(CN[C@@H]2C=C[C@H](CO)C2)cc(OC)c1. The van der Waals surface area contributed by atoms with Crippen LogP contribution in [0.2, 0.25) is 0 Å². The maximum absolute atomic E-state index is 9.09. The topological polar surface area (TPSA) is 50.7 Å². The highest BCUT2D eigenvalue weighted by atomic mass is 16.5. The molecular weight excluding hydrogens is 242 g/mol. The minimum absolute atomic E-state index is 0.224. The van der Waals surface area contributed by atoms with Crippen molar-refractivity contribution in [1.82, 2.24) is 5.32 Å². The van der Waals surface area contributed by atoms with Crippen molar-refractivity contribution < 1.29 is 14.6 Å². The fourth-order valence-electron chi connectivity index (χ4n) is 2.28. The number of hydrogen-bond donors (Lipinski definition) is 2. The van der Waals surface area contributed by atoms with Gasteiger partial charge in [-0.2, -0.15) is 0 Å². The number of rotatable bonds is 6. The highest BCUT2D eigenvalue weighted by Gasteiger charge is 2.17. The lowest BCUT2D eigenvalue weighted by atomic mass is 10.1. The van der Waals surface area contributed by atoms with Gasteiger partial charge in [0, 0.05) is 31.2 Å². The molecule has 19 heavy (non-hydrogen) atoms. The summed E-state index contributed by atoms with van der Waals surface area (Å²) in [6, 6.07) is 6.19. The molecule has 2 N–H and O–H groups in total. The number of aliphatic hydroxyl groups excluding tert-OH is 1. The van der Waals surface area contributed by atoms with Crippen molar-refractivity contribution in [2.75, 3.05) is 20.8 Å². The van der Waals surface area contributed by atoms with Crippen LogP contribution in [0.5, 0.6) is 11.5 Å². The average molecular weight is 263 g/mol. The number of aliphatic hydroxyl groups is 1. The number of hydrogen-bond acceptors (Lipinski definition) is 4. The van der Waals surface area contributed by atoms with Crippen molar-refractivity contribution in [3.05, 3.63) is 35.9 Å². The molecule has 1 aromatic rings. The third kappa shape index (κ3) is 3.72. The van der Waals surface area contributed by atoms with Crippen LogP contribution < -0.4 is 14.8 Å². The first kappa shape index (κ1) is 13.9. The van der Waals surface area contributed by atoms with Crippen molar-refractivity contribution in [2.45, 2.75) is 19.0 Å². The minimum atomic E-state index is 0.224. The molecule has 0 unspecified atom stereocenters. The number of nitrogens with one attached hydrogen (secondary N) is 1. The molecule has 4 nitrogen and oxygen atoms in total. The van der Waals surface area contributed by atoms with Crippen LogP contribution in [-0.2, 0) is 6.54 Å². The van der Waals surface area contributed by atoms with Gasteiger partial charge in [-0.25, -0.2) is 0 Å².